The lowest BCUT2D eigenvalue weighted by molar-refractivity contribution is -0.125. The van der Waals surface area contributed by atoms with Gasteiger partial charge in [-0.2, -0.15) is 0 Å². The first-order chi connectivity index (χ1) is 9.00. The first-order valence-electron chi connectivity index (χ1n) is 6.74. The zero-order valence-corrected chi connectivity index (χ0v) is 12.7. The van der Waals surface area contributed by atoms with Crippen molar-refractivity contribution in [2.75, 3.05) is 19.6 Å². The number of hydrogen-bond donors (Lipinski definition) is 2. The fourth-order valence-corrected chi connectivity index (χ4v) is 2.25. The molecule has 0 saturated carbocycles. The summed E-state index contributed by atoms with van der Waals surface area (Å²) in [5.74, 6) is -0.00102. The number of carbonyl (C=O) groups is 1. The predicted octanol–water partition coefficient (Wildman–Crippen LogP) is 2.73. The molecule has 1 aromatic rings. The lowest BCUT2D eigenvalue weighted by Crippen LogP contribution is -2.42. The van der Waals surface area contributed by atoms with Gasteiger partial charge in [-0.25, -0.2) is 0 Å². The number of amides is 1. The van der Waals surface area contributed by atoms with E-state index in [9.17, 15) is 4.79 Å². The molecule has 0 unspecified atom stereocenters. The molecule has 0 aliphatic carbocycles. The minimum atomic E-state index is -0.622. The van der Waals surface area contributed by atoms with Gasteiger partial charge in [-0.15, -0.1) is 0 Å². The van der Waals surface area contributed by atoms with E-state index in [1.165, 1.54) is 0 Å². The van der Waals surface area contributed by atoms with Crippen LogP contribution in [0.4, 0.5) is 0 Å². The summed E-state index contributed by atoms with van der Waals surface area (Å²) in [5, 5.41) is 6.83. The molecule has 3 nitrogen and oxygen atoms in total. The van der Waals surface area contributed by atoms with Gasteiger partial charge in [0.2, 0.25) is 5.91 Å². The summed E-state index contributed by atoms with van der Waals surface area (Å²) in [4.78, 5) is 12.3. The van der Waals surface area contributed by atoms with E-state index in [1.807, 2.05) is 38.1 Å². The Hall–Kier alpha value is -1.06. The maximum atomic E-state index is 12.3. The Labute approximate surface area is 120 Å². The summed E-state index contributed by atoms with van der Waals surface area (Å²) in [5.41, 5.74) is 0.235. The van der Waals surface area contributed by atoms with Crippen LogP contribution in [0, 0.1) is 0 Å². The van der Waals surface area contributed by atoms with Crippen molar-refractivity contribution in [3.8, 4) is 0 Å². The number of halogens is 1. The van der Waals surface area contributed by atoms with E-state index < -0.39 is 5.41 Å². The summed E-state index contributed by atoms with van der Waals surface area (Å²) in [7, 11) is 0. The Morgan fingerprint density at radius 2 is 1.89 bits per heavy atom. The van der Waals surface area contributed by atoms with Crippen molar-refractivity contribution in [1.82, 2.24) is 10.6 Å². The van der Waals surface area contributed by atoms with Gasteiger partial charge in [0.15, 0.2) is 0 Å². The zero-order chi connectivity index (χ0) is 14.3. The predicted molar refractivity (Wildman–Crippen MR) is 80.6 cm³/mol. The van der Waals surface area contributed by atoms with E-state index in [0.29, 0.717) is 11.6 Å². The van der Waals surface area contributed by atoms with Crippen LogP contribution in [0.15, 0.2) is 24.3 Å². The summed E-state index contributed by atoms with van der Waals surface area (Å²) in [6.45, 7) is 8.30. The Morgan fingerprint density at radius 3 is 2.53 bits per heavy atom. The van der Waals surface area contributed by atoms with Crippen molar-refractivity contribution in [1.29, 1.82) is 0 Å². The summed E-state index contributed by atoms with van der Waals surface area (Å²) in [6, 6.07) is 7.49. The highest BCUT2D eigenvalue weighted by atomic mass is 35.5. The van der Waals surface area contributed by atoms with Crippen LogP contribution in [-0.4, -0.2) is 25.5 Å². The minimum Gasteiger partial charge on any atom is -0.354 e. The second kappa shape index (κ2) is 7.51. The molecule has 1 rings (SSSR count). The second-order valence-corrected chi connectivity index (χ2v) is 5.52. The lowest BCUT2D eigenvalue weighted by Gasteiger charge is -2.25. The highest BCUT2D eigenvalue weighted by Crippen LogP contribution is 2.29. The van der Waals surface area contributed by atoms with Crippen LogP contribution in [0.25, 0.3) is 0 Å². The highest BCUT2D eigenvalue weighted by molar-refractivity contribution is 6.31. The number of nitrogens with one attached hydrogen (secondary N) is 2. The molecule has 4 heteroatoms. The van der Waals surface area contributed by atoms with Crippen molar-refractivity contribution in [3.05, 3.63) is 34.9 Å². The highest BCUT2D eigenvalue weighted by Gasteiger charge is 2.31. The van der Waals surface area contributed by atoms with Gasteiger partial charge in [0, 0.05) is 18.1 Å². The molecule has 106 valence electrons. The molecule has 0 bridgehead atoms. The van der Waals surface area contributed by atoms with Gasteiger partial charge in [-0.1, -0.05) is 36.7 Å². The first-order valence-corrected chi connectivity index (χ1v) is 7.12. The van der Waals surface area contributed by atoms with E-state index in [4.69, 9.17) is 11.6 Å². The second-order valence-electron chi connectivity index (χ2n) is 5.11. The van der Waals surface area contributed by atoms with Gasteiger partial charge in [0.25, 0.3) is 0 Å². The smallest absolute Gasteiger partial charge is 0.230 e. The van der Waals surface area contributed by atoms with Crippen LogP contribution < -0.4 is 10.6 Å². The maximum Gasteiger partial charge on any atom is 0.230 e. The molecular formula is C15H23ClN2O. The molecule has 0 atom stereocenters. The number of hydrogen-bond acceptors (Lipinski definition) is 2. The van der Waals surface area contributed by atoms with Crippen molar-refractivity contribution >= 4 is 17.5 Å². The Balaban J connectivity index is 2.57. The average Bonchev–Trinajstić information content (AvgIpc) is 2.38. The Kier molecular flexibility index (Phi) is 6.32. The van der Waals surface area contributed by atoms with Crippen molar-refractivity contribution < 1.29 is 4.79 Å². The fourth-order valence-electron chi connectivity index (χ4n) is 1.88. The van der Waals surface area contributed by atoms with Gasteiger partial charge in [-0.05, 0) is 38.4 Å². The SMILES string of the molecule is CCCNCCNC(=O)C(C)(C)c1ccccc1Cl. The van der Waals surface area contributed by atoms with Gasteiger partial charge >= 0.3 is 0 Å². The van der Waals surface area contributed by atoms with E-state index in [0.717, 1.165) is 25.1 Å². The number of carbonyl (C=O) groups excluding carboxylic acids is 1. The molecule has 0 heterocycles. The minimum absolute atomic E-state index is 0.00102. The molecule has 0 aliphatic heterocycles. The molecule has 0 aromatic heterocycles. The van der Waals surface area contributed by atoms with Crippen LogP contribution in [0.1, 0.15) is 32.8 Å². The molecule has 1 amide bonds. The van der Waals surface area contributed by atoms with E-state index in [1.54, 1.807) is 0 Å². The van der Waals surface area contributed by atoms with Crippen LogP contribution in [0.2, 0.25) is 5.02 Å². The third-order valence-corrected chi connectivity index (χ3v) is 3.46. The quantitative estimate of drug-likeness (QED) is 0.755. The molecule has 0 radical (unpaired) electrons. The van der Waals surface area contributed by atoms with Gasteiger partial charge < -0.3 is 10.6 Å². The molecule has 19 heavy (non-hydrogen) atoms. The van der Waals surface area contributed by atoms with Gasteiger partial charge in [0.05, 0.1) is 5.41 Å². The maximum absolute atomic E-state index is 12.3. The van der Waals surface area contributed by atoms with Crippen molar-refractivity contribution in [2.45, 2.75) is 32.6 Å². The van der Waals surface area contributed by atoms with Crippen LogP contribution in [-0.2, 0) is 10.2 Å². The summed E-state index contributed by atoms with van der Waals surface area (Å²) >= 11 is 6.16. The third-order valence-electron chi connectivity index (χ3n) is 3.13. The van der Waals surface area contributed by atoms with Gasteiger partial charge in [0.1, 0.15) is 0 Å². The number of benzene rings is 1. The van der Waals surface area contributed by atoms with E-state index in [2.05, 4.69) is 17.6 Å². The van der Waals surface area contributed by atoms with E-state index in [-0.39, 0.29) is 5.91 Å². The van der Waals surface area contributed by atoms with Crippen molar-refractivity contribution in [3.63, 3.8) is 0 Å². The zero-order valence-electron chi connectivity index (χ0n) is 11.9. The average molecular weight is 283 g/mol. The van der Waals surface area contributed by atoms with E-state index >= 15 is 0 Å². The third kappa shape index (κ3) is 4.51. The Bertz CT molecular complexity index is 418. The van der Waals surface area contributed by atoms with Crippen LogP contribution in [0.5, 0.6) is 0 Å². The molecule has 2 N–H and O–H groups in total. The molecule has 0 spiro atoms. The lowest BCUT2D eigenvalue weighted by atomic mass is 9.83. The van der Waals surface area contributed by atoms with Gasteiger partial charge in [-0.3, -0.25) is 4.79 Å². The normalized spacial score (nSPS) is 11.4. The number of rotatable bonds is 7. The molecule has 0 saturated heterocycles. The van der Waals surface area contributed by atoms with Crippen molar-refractivity contribution in [2.24, 2.45) is 0 Å². The van der Waals surface area contributed by atoms with Crippen LogP contribution >= 0.6 is 11.6 Å². The standard InChI is InChI=1S/C15H23ClN2O/c1-4-9-17-10-11-18-14(19)15(2,3)12-7-5-6-8-13(12)16/h5-8,17H,4,9-11H2,1-3H3,(H,18,19). The first kappa shape index (κ1) is 16.0. The molecular weight excluding hydrogens is 260 g/mol. The summed E-state index contributed by atoms with van der Waals surface area (Å²) in [6.07, 6.45) is 1.10. The fraction of sp³-hybridized carbons (Fsp3) is 0.533. The molecule has 0 fully saturated rings. The molecule has 1 aromatic carbocycles. The molecule has 0 aliphatic rings. The largest absolute Gasteiger partial charge is 0.354 e. The Morgan fingerprint density at radius 1 is 1.21 bits per heavy atom. The summed E-state index contributed by atoms with van der Waals surface area (Å²) < 4.78 is 0. The monoisotopic (exact) mass is 282 g/mol. The topological polar surface area (TPSA) is 41.1 Å². The van der Waals surface area contributed by atoms with Crippen LogP contribution in [0.3, 0.4) is 0 Å².